The number of carbonyl (C=O) groups is 1. The van der Waals surface area contributed by atoms with Crippen LogP contribution in [-0.2, 0) is 4.79 Å². The van der Waals surface area contributed by atoms with Crippen molar-refractivity contribution in [1.29, 1.82) is 0 Å². The van der Waals surface area contributed by atoms with Crippen LogP contribution < -0.4 is 5.32 Å². The first-order valence-electron chi connectivity index (χ1n) is 7.84. The van der Waals surface area contributed by atoms with Crippen molar-refractivity contribution in [3.63, 3.8) is 0 Å². The van der Waals surface area contributed by atoms with Crippen molar-refractivity contribution in [3.8, 4) is 0 Å². The molecule has 0 rings (SSSR count). The van der Waals surface area contributed by atoms with E-state index in [1.165, 1.54) is 51.4 Å². The molecule has 0 aromatic carbocycles. The summed E-state index contributed by atoms with van der Waals surface area (Å²) >= 11 is 0. The van der Waals surface area contributed by atoms with Crippen molar-refractivity contribution in [2.45, 2.75) is 85.5 Å². The Hall–Kier alpha value is -0.530. The van der Waals surface area contributed by atoms with Crippen molar-refractivity contribution in [3.05, 3.63) is 0 Å². The van der Waals surface area contributed by atoms with Crippen molar-refractivity contribution >= 4 is 5.91 Å². The predicted molar refractivity (Wildman–Crippen MR) is 79.7 cm³/mol. The van der Waals surface area contributed by atoms with E-state index < -0.39 is 0 Å². The molecular weight excluding hydrogens is 222 g/mol. The number of hydrogen-bond donors (Lipinski definition) is 1. The standard InChI is InChI=1S/C16H33NO/c1-5-8-10-11-13-16(4,12-9-6-2)14-17-15(18)7-3/h5-14H2,1-4H3,(H,17,18). The zero-order chi connectivity index (χ0) is 13.9. The van der Waals surface area contributed by atoms with Gasteiger partial charge in [0.1, 0.15) is 0 Å². The third-order valence-corrected chi connectivity index (χ3v) is 3.80. The van der Waals surface area contributed by atoms with E-state index in [0.717, 1.165) is 6.54 Å². The molecule has 0 saturated heterocycles. The number of unbranched alkanes of at least 4 members (excludes halogenated alkanes) is 4. The van der Waals surface area contributed by atoms with Crippen molar-refractivity contribution in [2.24, 2.45) is 5.41 Å². The van der Waals surface area contributed by atoms with Gasteiger partial charge >= 0.3 is 0 Å². The molecule has 0 spiro atoms. The highest BCUT2D eigenvalue weighted by Gasteiger charge is 2.23. The van der Waals surface area contributed by atoms with Crippen molar-refractivity contribution in [2.75, 3.05) is 6.54 Å². The van der Waals surface area contributed by atoms with E-state index in [0.29, 0.717) is 11.8 Å². The quantitative estimate of drug-likeness (QED) is 0.534. The first-order chi connectivity index (χ1) is 8.58. The minimum Gasteiger partial charge on any atom is -0.356 e. The molecule has 0 radical (unpaired) electrons. The highest BCUT2D eigenvalue weighted by molar-refractivity contribution is 5.75. The van der Waals surface area contributed by atoms with E-state index in [9.17, 15) is 4.79 Å². The van der Waals surface area contributed by atoms with Crippen molar-refractivity contribution in [1.82, 2.24) is 5.32 Å². The summed E-state index contributed by atoms with van der Waals surface area (Å²) in [4.78, 5) is 11.4. The van der Waals surface area contributed by atoms with Crippen LogP contribution in [0.25, 0.3) is 0 Å². The Morgan fingerprint density at radius 2 is 1.56 bits per heavy atom. The average molecular weight is 255 g/mol. The molecule has 2 heteroatoms. The molecule has 0 bridgehead atoms. The lowest BCUT2D eigenvalue weighted by atomic mass is 9.80. The number of rotatable bonds is 11. The molecule has 1 amide bonds. The highest BCUT2D eigenvalue weighted by Crippen LogP contribution is 2.30. The molecule has 108 valence electrons. The van der Waals surface area contributed by atoms with Crippen LogP contribution in [-0.4, -0.2) is 12.5 Å². The zero-order valence-corrected chi connectivity index (χ0v) is 13.0. The van der Waals surface area contributed by atoms with Gasteiger partial charge in [-0.1, -0.05) is 66.2 Å². The van der Waals surface area contributed by atoms with Crippen LogP contribution in [0.4, 0.5) is 0 Å². The smallest absolute Gasteiger partial charge is 0.219 e. The molecule has 18 heavy (non-hydrogen) atoms. The van der Waals surface area contributed by atoms with E-state index in [-0.39, 0.29) is 5.91 Å². The van der Waals surface area contributed by atoms with Gasteiger partial charge in [-0.25, -0.2) is 0 Å². The normalized spacial score (nSPS) is 14.2. The summed E-state index contributed by atoms with van der Waals surface area (Å²) in [5.41, 5.74) is 0.300. The van der Waals surface area contributed by atoms with Crippen LogP contribution in [0, 0.1) is 5.41 Å². The Balaban J connectivity index is 4.10. The summed E-state index contributed by atoms with van der Waals surface area (Å²) in [7, 11) is 0. The van der Waals surface area contributed by atoms with Gasteiger partial charge in [0.2, 0.25) is 5.91 Å². The van der Waals surface area contributed by atoms with Gasteiger partial charge in [-0.2, -0.15) is 0 Å². The lowest BCUT2D eigenvalue weighted by Gasteiger charge is -2.30. The SMILES string of the molecule is CCCCCCC(C)(CCCC)CNC(=O)CC. The lowest BCUT2D eigenvalue weighted by molar-refractivity contribution is -0.121. The topological polar surface area (TPSA) is 29.1 Å². The van der Waals surface area contributed by atoms with Gasteiger partial charge < -0.3 is 5.32 Å². The molecule has 0 aliphatic heterocycles. The fourth-order valence-electron chi connectivity index (χ4n) is 2.32. The lowest BCUT2D eigenvalue weighted by Crippen LogP contribution is -2.35. The summed E-state index contributed by atoms with van der Waals surface area (Å²) in [5.74, 6) is 0.186. The second-order valence-corrected chi connectivity index (χ2v) is 5.86. The number of nitrogens with one attached hydrogen (secondary N) is 1. The molecular formula is C16H33NO. The van der Waals surface area contributed by atoms with Crippen LogP contribution in [0.5, 0.6) is 0 Å². The van der Waals surface area contributed by atoms with Crippen LogP contribution in [0.15, 0.2) is 0 Å². The largest absolute Gasteiger partial charge is 0.356 e. The van der Waals surface area contributed by atoms with E-state index in [4.69, 9.17) is 0 Å². The summed E-state index contributed by atoms with van der Waals surface area (Å²) < 4.78 is 0. The minimum absolute atomic E-state index is 0.186. The molecule has 0 heterocycles. The Bertz CT molecular complexity index is 215. The molecule has 0 saturated carbocycles. The summed E-state index contributed by atoms with van der Waals surface area (Å²) in [6, 6.07) is 0. The first-order valence-corrected chi connectivity index (χ1v) is 7.84. The molecule has 2 nitrogen and oxygen atoms in total. The molecule has 1 atom stereocenters. The van der Waals surface area contributed by atoms with Gasteiger partial charge in [0.05, 0.1) is 0 Å². The van der Waals surface area contributed by atoms with Crippen LogP contribution in [0.2, 0.25) is 0 Å². The maximum absolute atomic E-state index is 11.4. The van der Waals surface area contributed by atoms with Gasteiger partial charge in [0, 0.05) is 13.0 Å². The van der Waals surface area contributed by atoms with E-state index in [1.54, 1.807) is 0 Å². The summed E-state index contributed by atoms with van der Waals surface area (Å²) in [6.45, 7) is 9.59. The fraction of sp³-hybridized carbons (Fsp3) is 0.938. The fourth-order valence-corrected chi connectivity index (χ4v) is 2.32. The van der Waals surface area contributed by atoms with E-state index in [1.807, 2.05) is 6.92 Å². The summed E-state index contributed by atoms with van der Waals surface area (Å²) in [5, 5.41) is 3.08. The highest BCUT2D eigenvalue weighted by atomic mass is 16.1. The van der Waals surface area contributed by atoms with Crippen LogP contribution in [0.3, 0.4) is 0 Å². The van der Waals surface area contributed by atoms with Gasteiger partial charge in [-0.3, -0.25) is 4.79 Å². The van der Waals surface area contributed by atoms with Crippen LogP contribution in [0.1, 0.15) is 85.5 Å². The van der Waals surface area contributed by atoms with Gasteiger partial charge in [0.25, 0.3) is 0 Å². The van der Waals surface area contributed by atoms with E-state index >= 15 is 0 Å². The number of carbonyl (C=O) groups excluding carboxylic acids is 1. The molecule has 0 aliphatic rings. The van der Waals surface area contributed by atoms with Gasteiger partial charge in [-0.05, 0) is 18.3 Å². The Morgan fingerprint density at radius 1 is 0.944 bits per heavy atom. The number of amides is 1. The van der Waals surface area contributed by atoms with Crippen LogP contribution >= 0.6 is 0 Å². The predicted octanol–water partition coefficient (Wildman–Crippen LogP) is 4.68. The Labute approximate surface area is 114 Å². The maximum Gasteiger partial charge on any atom is 0.219 e. The Kier molecular flexibility index (Phi) is 10.1. The molecule has 0 fully saturated rings. The molecule has 0 aromatic heterocycles. The monoisotopic (exact) mass is 255 g/mol. The average Bonchev–Trinajstić information content (AvgIpc) is 2.39. The molecule has 1 unspecified atom stereocenters. The zero-order valence-electron chi connectivity index (χ0n) is 13.0. The second-order valence-electron chi connectivity index (χ2n) is 5.86. The van der Waals surface area contributed by atoms with Crippen molar-refractivity contribution < 1.29 is 4.79 Å². The molecule has 0 aliphatic carbocycles. The molecule has 0 aromatic rings. The third-order valence-electron chi connectivity index (χ3n) is 3.80. The number of hydrogen-bond acceptors (Lipinski definition) is 1. The van der Waals surface area contributed by atoms with Gasteiger partial charge in [-0.15, -0.1) is 0 Å². The second kappa shape index (κ2) is 10.4. The van der Waals surface area contributed by atoms with E-state index in [2.05, 4.69) is 26.1 Å². The first kappa shape index (κ1) is 17.5. The van der Waals surface area contributed by atoms with Gasteiger partial charge in [0.15, 0.2) is 0 Å². The molecule has 1 N–H and O–H groups in total. The maximum atomic E-state index is 11.4. The minimum atomic E-state index is 0.186. The third kappa shape index (κ3) is 8.54. The summed E-state index contributed by atoms with van der Waals surface area (Å²) in [6.07, 6.45) is 10.9. The Morgan fingerprint density at radius 3 is 2.11 bits per heavy atom.